The smallest absolute Gasteiger partial charge is 0.319 e. The van der Waals surface area contributed by atoms with Crippen molar-refractivity contribution >= 4 is 17.2 Å². The van der Waals surface area contributed by atoms with Crippen molar-refractivity contribution in [2.24, 2.45) is 0 Å². The summed E-state index contributed by atoms with van der Waals surface area (Å²) in [4.78, 5) is 19.6. The van der Waals surface area contributed by atoms with Crippen LogP contribution in [0.2, 0.25) is 0 Å². The van der Waals surface area contributed by atoms with E-state index >= 15 is 0 Å². The lowest BCUT2D eigenvalue weighted by Gasteiger charge is -2.16. The average molecular weight is 375 g/mol. The van der Waals surface area contributed by atoms with Crippen LogP contribution in [0.25, 0.3) is 10.4 Å². The van der Waals surface area contributed by atoms with E-state index in [2.05, 4.69) is 4.98 Å². The number of thiophene rings is 1. The predicted octanol–water partition coefficient (Wildman–Crippen LogP) is 4.17. The van der Waals surface area contributed by atoms with Crippen molar-refractivity contribution < 1.29 is 18.3 Å². The first kappa shape index (κ1) is 16.7. The van der Waals surface area contributed by atoms with Crippen LogP contribution < -0.4 is 4.74 Å². The molecule has 26 heavy (non-hydrogen) atoms. The zero-order valence-electron chi connectivity index (χ0n) is 13.9. The highest BCUT2D eigenvalue weighted by molar-refractivity contribution is 7.17. The summed E-state index contributed by atoms with van der Waals surface area (Å²) in [6.45, 7) is -2.26. The Balaban J connectivity index is 1.58. The molecule has 2 aromatic heterocycles. The van der Waals surface area contributed by atoms with E-state index in [0.717, 1.165) is 26.3 Å². The molecule has 0 fully saturated rings. The number of ether oxygens (including phenoxy) is 1. The third kappa shape index (κ3) is 2.86. The minimum atomic E-state index is -2.68. The van der Waals surface area contributed by atoms with E-state index < -0.39 is 6.55 Å². The largest absolute Gasteiger partial charge is 0.488 e. The SMILES string of the molecule is CN(Cc1nccn1C(F)F)C(=O)c1cc2c(s1)-c1ccccc1OC2. The summed E-state index contributed by atoms with van der Waals surface area (Å²) >= 11 is 1.39. The molecular formula is C18H15F2N3O2S. The number of imidazole rings is 1. The van der Waals surface area contributed by atoms with Crippen molar-refractivity contribution in [1.29, 1.82) is 0 Å². The summed E-state index contributed by atoms with van der Waals surface area (Å²) in [5, 5.41) is 0. The number of halogens is 2. The van der Waals surface area contributed by atoms with Gasteiger partial charge in [-0.2, -0.15) is 8.78 Å². The number of para-hydroxylation sites is 1. The molecule has 0 saturated carbocycles. The first-order valence-corrected chi connectivity index (χ1v) is 8.76. The van der Waals surface area contributed by atoms with Crippen LogP contribution in [0.1, 0.15) is 27.6 Å². The van der Waals surface area contributed by atoms with E-state index in [0.29, 0.717) is 11.5 Å². The average Bonchev–Trinajstić information content (AvgIpc) is 3.27. The zero-order valence-corrected chi connectivity index (χ0v) is 14.7. The van der Waals surface area contributed by atoms with Gasteiger partial charge in [-0.3, -0.25) is 9.36 Å². The zero-order chi connectivity index (χ0) is 18.3. The molecule has 1 aliphatic rings. The molecule has 1 aliphatic heterocycles. The minimum Gasteiger partial charge on any atom is -0.488 e. The number of hydrogen-bond acceptors (Lipinski definition) is 4. The molecule has 8 heteroatoms. The Labute approximate surface area is 152 Å². The molecule has 4 rings (SSSR count). The van der Waals surface area contributed by atoms with Gasteiger partial charge in [-0.25, -0.2) is 4.98 Å². The van der Waals surface area contributed by atoms with Crippen LogP contribution >= 0.6 is 11.3 Å². The van der Waals surface area contributed by atoms with E-state index in [9.17, 15) is 13.6 Å². The summed E-state index contributed by atoms with van der Waals surface area (Å²) in [6.07, 6.45) is 2.51. The first-order chi connectivity index (χ1) is 12.5. The summed E-state index contributed by atoms with van der Waals surface area (Å²) in [5.41, 5.74) is 1.92. The molecule has 0 atom stereocenters. The lowest BCUT2D eigenvalue weighted by molar-refractivity contribution is 0.0613. The Hall–Kier alpha value is -2.74. The first-order valence-electron chi connectivity index (χ1n) is 7.95. The normalized spacial score (nSPS) is 12.5. The number of benzene rings is 1. The van der Waals surface area contributed by atoms with Gasteiger partial charge in [0.05, 0.1) is 11.4 Å². The highest BCUT2D eigenvalue weighted by Crippen LogP contribution is 2.42. The molecule has 0 unspecified atom stereocenters. The second kappa shape index (κ2) is 6.53. The fraction of sp³-hybridized carbons (Fsp3) is 0.222. The highest BCUT2D eigenvalue weighted by Gasteiger charge is 2.24. The molecule has 3 aromatic rings. The van der Waals surface area contributed by atoms with Crippen LogP contribution in [0.15, 0.2) is 42.7 Å². The topological polar surface area (TPSA) is 47.4 Å². The van der Waals surface area contributed by atoms with Crippen molar-refractivity contribution in [2.45, 2.75) is 19.7 Å². The van der Waals surface area contributed by atoms with Gasteiger partial charge in [0, 0.05) is 35.4 Å². The van der Waals surface area contributed by atoms with Crippen LogP contribution in [0.3, 0.4) is 0 Å². The standard InChI is InChI=1S/C18H15F2N3O2S/c1-22(9-15-21-6-7-23(15)18(19)20)17(24)14-8-11-10-25-13-5-3-2-4-12(13)16(11)26-14/h2-8,18H,9-10H2,1H3. The summed E-state index contributed by atoms with van der Waals surface area (Å²) in [5.74, 6) is 0.713. The van der Waals surface area contributed by atoms with Crippen molar-refractivity contribution in [2.75, 3.05) is 7.05 Å². The lowest BCUT2D eigenvalue weighted by Crippen LogP contribution is -2.27. The predicted molar refractivity (Wildman–Crippen MR) is 93.4 cm³/mol. The van der Waals surface area contributed by atoms with E-state index in [-0.39, 0.29) is 18.3 Å². The Morgan fingerprint density at radius 1 is 1.42 bits per heavy atom. The second-order valence-electron chi connectivity index (χ2n) is 5.94. The van der Waals surface area contributed by atoms with Gasteiger partial charge in [-0.1, -0.05) is 12.1 Å². The van der Waals surface area contributed by atoms with Crippen molar-refractivity contribution in [3.8, 4) is 16.2 Å². The van der Waals surface area contributed by atoms with Crippen molar-refractivity contribution in [1.82, 2.24) is 14.5 Å². The van der Waals surface area contributed by atoms with Gasteiger partial charge in [0.2, 0.25) is 0 Å². The number of carbonyl (C=O) groups is 1. The van der Waals surface area contributed by atoms with Gasteiger partial charge >= 0.3 is 6.55 Å². The minimum absolute atomic E-state index is 0.00578. The van der Waals surface area contributed by atoms with Gasteiger partial charge in [0.25, 0.3) is 5.91 Å². The third-order valence-electron chi connectivity index (χ3n) is 4.22. The second-order valence-corrected chi connectivity index (χ2v) is 6.99. The quantitative estimate of drug-likeness (QED) is 0.688. The maximum atomic E-state index is 12.9. The fourth-order valence-electron chi connectivity index (χ4n) is 2.92. The Bertz CT molecular complexity index is 967. The molecule has 0 saturated heterocycles. The lowest BCUT2D eigenvalue weighted by atomic mass is 10.1. The molecule has 0 N–H and O–H groups in total. The van der Waals surface area contributed by atoms with Crippen molar-refractivity contribution in [3.05, 3.63) is 59.0 Å². The van der Waals surface area contributed by atoms with Gasteiger partial charge in [0.15, 0.2) is 0 Å². The van der Waals surface area contributed by atoms with Gasteiger partial charge in [-0.05, 0) is 18.2 Å². The molecule has 1 aromatic carbocycles. The van der Waals surface area contributed by atoms with Crippen molar-refractivity contribution in [3.63, 3.8) is 0 Å². The maximum Gasteiger partial charge on any atom is 0.319 e. The van der Waals surface area contributed by atoms with Crippen LogP contribution in [0.4, 0.5) is 8.78 Å². The Morgan fingerprint density at radius 2 is 2.23 bits per heavy atom. The van der Waals surface area contributed by atoms with E-state index in [1.54, 1.807) is 7.05 Å². The molecule has 0 radical (unpaired) electrons. The number of fused-ring (bicyclic) bond motifs is 3. The molecule has 0 bridgehead atoms. The van der Waals surface area contributed by atoms with Crippen LogP contribution in [-0.4, -0.2) is 27.4 Å². The van der Waals surface area contributed by atoms with Crippen LogP contribution in [0, 0.1) is 0 Å². The third-order valence-corrected chi connectivity index (χ3v) is 5.42. The monoisotopic (exact) mass is 375 g/mol. The van der Waals surface area contributed by atoms with Crippen LogP contribution in [-0.2, 0) is 13.2 Å². The number of rotatable bonds is 4. The van der Waals surface area contributed by atoms with Gasteiger partial charge in [-0.15, -0.1) is 11.3 Å². The van der Waals surface area contributed by atoms with Gasteiger partial charge in [0.1, 0.15) is 18.2 Å². The number of alkyl halides is 2. The van der Waals surface area contributed by atoms with Crippen LogP contribution in [0.5, 0.6) is 5.75 Å². The number of aromatic nitrogens is 2. The molecule has 5 nitrogen and oxygen atoms in total. The number of nitrogens with zero attached hydrogens (tertiary/aromatic N) is 3. The molecular weight excluding hydrogens is 360 g/mol. The highest BCUT2D eigenvalue weighted by atomic mass is 32.1. The summed E-state index contributed by atoms with van der Waals surface area (Å²) in [7, 11) is 1.58. The van der Waals surface area contributed by atoms with E-state index in [1.165, 1.54) is 28.6 Å². The number of amides is 1. The van der Waals surface area contributed by atoms with E-state index in [1.807, 2.05) is 30.3 Å². The molecule has 3 heterocycles. The number of hydrogen-bond donors (Lipinski definition) is 0. The Morgan fingerprint density at radius 3 is 3.04 bits per heavy atom. The molecule has 0 aliphatic carbocycles. The summed E-state index contributed by atoms with van der Waals surface area (Å²) in [6, 6.07) is 9.50. The van der Waals surface area contributed by atoms with E-state index in [4.69, 9.17) is 4.74 Å². The fourth-order valence-corrected chi connectivity index (χ4v) is 4.11. The van der Waals surface area contributed by atoms with Gasteiger partial charge < -0.3 is 9.64 Å². The Kier molecular flexibility index (Phi) is 4.20. The molecule has 134 valence electrons. The summed E-state index contributed by atoms with van der Waals surface area (Å²) < 4.78 is 32.4. The number of carbonyl (C=O) groups excluding carboxylic acids is 1. The molecule has 0 spiro atoms. The molecule has 1 amide bonds. The maximum absolute atomic E-state index is 12.9.